The summed E-state index contributed by atoms with van der Waals surface area (Å²) in [7, 11) is 0. The smallest absolute Gasteiger partial charge is 0.275 e. The van der Waals surface area contributed by atoms with Crippen molar-refractivity contribution >= 4 is 34.6 Å². The number of nitrogens with one attached hydrogen (secondary N) is 2. The van der Waals surface area contributed by atoms with E-state index in [1.165, 1.54) is 0 Å². The molecule has 2 aromatic carbocycles. The summed E-state index contributed by atoms with van der Waals surface area (Å²) in [6.07, 6.45) is -0.193. The molecule has 1 aliphatic heterocycles. The van der Waals surface area contributed by atoms with Gasteiger partial charge in [-0.3, -0.25) is 9.59 Å². The SMILES string of the molecule is N#CCC(=O)Nc1ccc(N=C2C(=O)Nc3ccccc32)cc1. The summed E-state index contributed by atoms with van der Waals surface area (Å²) in [6.45, 7) is 0. The Morgan fingerprint density at radius 1 is 1.17 bits per heavy atom. The molecule has 6 nitrogen and oxygen atoms in total. The number of anilines is 2. The standard InChI is InChI=1S/C17H12N4O2/c18-10-9-15(22)19-11-5-7-12(8-6-11)20-16-13-3-1-2-4-14(13)21-17(16)23/h1-8H,9H2,(H,19,22)(H,20,21,23). The van der Waals surface area contributed by atoms with Crippen LogP contribution in [0.5, 0.6) is 0 Å². The van der Waals surface area contributed by atoms with Crippen molar-refractivity contribution in [2.75, 3.05) is 10.6 Å². The van der Waals surface area contributed by atoms with E-state index in [0.717, 1.165) is 11.3 Å². The molecule has 0 atom stereocenters. The van der Waals surface area contributed by atoms with Gasteiger partial charge >= 0.3 is 0 Å². The van der Waals surface area contributed by atoms with Crippen molar-refractivity contribution in [3.63, 3.8) is 0 Å². The lowest BCUT2D eigenvalue weighted by Gasteiger charge is -2.03. The van der Waals surface area contributed by atoms with E-state index in [4.69, 9.17) is 5.26 Å². The number of rotatable bonds is 3. The molecule has 0 radical (unpaired) electrons. The number of carbonyl (C=O) groups is 2. The molecule has 2 amide bonds. The van der Waals surface area contributed by atoms with Crippen LogP contribution in [0.25, 0.3) is 0 Å². The van der Waals surface area contributed by atoms with Crippen molar-refractivity contribution in [2.45, 2.75) is 6.42 Å². The first-order valence-electron chi connectivity index (χ1n) is 6.93. The number of nitrogens with zero attached hydrogens (tertiary/aromatic N) is 2. The Labute approximate surface area is 132 Å². The van der Waals surface area contributed by atoms with Crippen LogP contribution < -0.4 is 10.6 Å². The monoisotopic (exact) mass is 304 g/mol. The zero-order valence-corrected chi connectivity index (χ0v) is 12.0. The Kier molecular flexibility index (Phi) is 3.85. The minimum absolute atomic E-state index is 0.193. The summed E-state index contributed by atoms with van der Waals surface area (Å²) in [5.74, 6) is -0.603. The van der Waals surface area contributed by atoms with E-state index in [1.807, 2.05) is 24.3 Å². The van der Waals surface area contributed by atoms with Crippen LogP contribution in [0, 0.1) is 11.3 Å². The van der Waals surface area contributed by atoms with E-state index in [9.17, 15) is 9.59 Å². The molecular formula is C17H12N4O2. The lowest BCUT2D eigenvalue weighted by atomic mass is 10.1. The summed E-state index contributed by atoms with van der Waals surface area (Å²) in [5.41, 5.74) is 3.05. The van der Waals surface area contributed by atoms with E-state index in [0.29, 0.717) is 17.1 Å². The van der Waals surface area contributed by atoms with Gasteiger partial charge in [0.25, 0.3) is 5.91 Å². The Morgan fingerprint density at radius 3 is 2.65 bits per heavy atom. The summed E-state index contributed by atoms with van der Waals surface area (Å²) in [5, 5.41) is 13.8. The highest BCUT2D eigenvalue weighted by atomic mass is 16.2. The van der Waals surface area contributed by atoms with Gasteiger partial charge in [-0.15, -0.1) is 0 Å². The van der Waals surface area contributed by atoms with Crippen LogP contribution in [-0.2, 0) is 9.59 Å². The van der Waals surface area contributed by atoms with Gasteiger partial charge in [-0.2, -0.15) is 5.26 Å². The maximum absolute atomic E-state index is 12.0. The van der Waals surface area contributed by atoms with Gasteiger partial charge in [-0.05, 0) is 30.3 Å². The highest BCUT2D eigenvalue weighted by Crippen LogP contribution is 2.25. The molecule has 6 heteroatoms. The molecule has 2 N–H and O–H groups in total. The number of carbonyl (C=O) groups excluding carboxylic acids is 2. The molecule has 0 saturated heterocycles. The van der Waals surface area contributed by atoms with Crippen molar-refractivity contribution < 1.29 is 9.59 Å². The van der Waals surface area contributed by atoms with Crippen LogP contribution in [0.2, 0.25) is 0 Å². The number of aliphatic imine (C=N–C) groups is 1. The van der Waals surface area contributed by atoms with Crippen molar-refractivity contribution in [3.8, 4) is 6.07 Å². The van der Waals surface area contributed by atoms with Gasteiger partial charge in [0.1, 0.15) is 12.1 Å². The highest BCUT2D eigenvalue weighted by molar-refractivity contribution is 6.54. The quantitative estimate of drug-likeness (QED) is 0.912. The largest absolute Gasteiger partial charge is 0.325 e. The Morgan fingerprint density at radius 2 is 1.91 bits per heavy atom. The van der Waals surface area contributed by atoms with E-state index in [-0.39, 0.29) is 18.2 Å². The number of nitriles is 1. The third kappa shape index (κ3) is 3.09. The van der Waals surface area contributed by atoms with Crippen LogP contribution >= 0.6 is 0 Å². The van der Waals surface area contributed by atoms with Crippen LogP contribution in [0.4, 0.5) is 17.1 Å². The average molecular weight is 304 g/mol. The van der Waals surface area contributed by atoms with Crippen LogP contribution in [-0.4, -0.2) is 17.5 Å². The van der Waals surface area contributed by atoms with Gasteiger partial charge in [0.2, 0.25) is 5.91 Å². The molecule has 23 heavy (non-hydrogen) atoms. The van der Waals surface area contributed by atoms with Crippen molar-refractivity contribution in [2.24, 2.45) is 4.99 Å². The predicted molar refractivity (Wildman–Crippen MR) is 86.6 cm³/mol. The van der Waals surface area contributed by atoms with Crippen LogP contribution in [0.1, 0.15) is 12.0 Å². The third-order valence-corrected chi connectivity index (χ3v) is 3.28. The Bertz CT molecular complexity index is 848. The van der Waals surface area contributed by atoms with Gasteiger partial charge in [0, 0.05) is 11.3 Å². The molecule has 112 valence electrons. The molecule has 2 aromatic rings. The fraction of sp³-hybridized carbons (Fsp3) is 0.0588. The minimum atomic E-state index is -0.365. The van der Waals surface area contributed by atoms with Gasteiger partial charge < -0.3 is 10.6 Å². The lowest BCUT2D eigenvalue weighted by Crippen LogP contribution is -2.13. The third-order valence-electron chi connectivity index (χ3n) is 3.28. The fourth-order valence-electron chi connectivity index (χ4n) is 2.24. The molecule has 0 saturated carbocycles. The zero-order chi connectivity index (χ0) is 16.2. The Balaban J connectivity index is 1.82. The Hall–Kier alpha value is -3.46. The molecule has 1 aliphatic rings. The van der Waals surface area contributed by atoms with Crippen molar-refractivity contribution in [1.82, 2.24) is 0 Å². The molecule has 1 heterocycles. The molecule has 0 aliphatic carbocycles. The first-order valence-corrected chi connectivity index (χ1v) is 6.93. The first kappa shape index (κ1) is 14.5. The number of amides is 2. The average Bonchev–Trinajstić information content (AvgIpc) is 2.85. The molecular weight excluding hydrogens is 292 g/mol. The predicted octanol–water partition coefficient (Wildman–Crippen LogP) is 2.61. The van der Waals surface area contributed by atoms with E-state index >= 15 is 0 Å². The van der Waals surface area contributed by atoms with Gasteiger partial charge in [-0.25, -0.2) is 4.99 Å². The maximum atomic E-state index is 12.0. The van der Waals surface area contributed by atoms with Crippen molar-refractivity contribution in [1.29, 1.82) is 5.26 Å². The molecule has 0 bridgehead atoms. The summed E-state index contributed by atoms with van der Waals surface area (Å²) >= 11 is 0. The topological polar surface area (TPSA) is 94.3 Å². The molecule has 0 fully saturated rings. The summed E-state index contributed by atoms with van der Waals surface area (Å²) in [4.78, 5) is 27.7. The number of para-hydroxylation sites is 1. The van der Waals surface area contributed by atoms with Gasteiger partial charge in [0.05, 0.1) is 17.4 Å². The number of hydrogen-bond acceptors (Lipinski definition) is 4. The van der Waals surface area contributed by atoms with E-state index in [2.05, 4.69) is 15.6 Å². The molecule has 3 rings (SSSR count). The summed E-state index contributed by atoms with van der Waals surface area (Å²) < 4.78 is 0. The van der Waals surface area contributed by atoms with Crippen LogP contribution in [0.3, 0.4) is 0 Å². The fourth-order valence-corrected chi connectivity index (χ4v) is 2.24. The van der Waals surface area contributed by atoms with Crippen molar-refractivity contribution in [3.05, 3.63) is 54.1 Å². The lowest BCUT2D eigenvalue weighted by molar-refractivity contribution is -0.115. The van der Waals surface area contributed by atoms with Gasteiger partial charge in [-0.1, -0.05) is 18.2 Å². The first-order chi connectivity index (χ1) is 11.2. The van der Waals surface area contributed by atoms with Crippen LogP contribution in [0.15, 0.2) is 53.5 Å². The minimum Gasteiger partial charge on any atom is -0.325 e. The highest BCUT2D eigenvalue weighted by Gasteiger charge is 2.25. The molecule has 0 unspecified atom stereocenters. The summed E-state index contributed by atoms with van der Waals surface area (Å²) in [6, 6.07) is 15.9. The number of hydrogen-bond donors (Lipinski definition) is 2. The second-order valence-corrected chi connectivity index (χ2v) is 4.89. The maximum Gasteiger partial charge on any atom is 0.275 e. The molecule has 0 aromatic heterocycles. The molecule has 0 spiro atoms. The van der Waals surface area contributed by atoms with Gasteiger partial charge in [0.15, 0.2) is 0 Å². The number of fused-ring (bicyclic) bond motifs is 1. The normalized spacial score (nSPS) is 14.0. The zero-order valence-electron chi connectivity index (χ0n) is 12.0. The number of benzene rings is 2. The second-order valence-electron chi connectivity index (χ2n) is 4.89. The van der Waals surface area contributed by atoms with E-state index in [1.54, 1.807) is 30.3 Å². The van der Waals surface area contributed by atoms with E-state index < -0.39 is 0 Å². The second kappa shape index (κ2) is 6.12.